The van der Waals surface area contributed by atoms with Crippen LogP contribution in [0.5, 0.6) is 5.75 Å². The number of aromatic hydroxyl groups is 1. The average molecular weight is 512 g/mol. The third-order valence-electron chi connectivity index (χ3n) is 5.52. The molecule has 202 valence electrons. The smallest absolute Gasteiger partial charge is 0.408 e. The first-order chi connectivity index (χ1) is 17.1. The molecule has 2 aromatic rings. The molecule has 2 unspecified atom stereocenters. The summed E-state index contributed by atoms with van der Waals surface area (Å²) < 4.78 is 5.42. The van der Waals surface area contributed by atoms with Crippen molar-refractivity contribution in [3.05, 3.63) is 65.2 Å². The molecule has 2 aromatic carbocycles. The van der Waals surface area contributed by atoms with Crippen molar-refractivity contribution >= 4 is 17.9 Å². The van der Waals surface area contributed by atoms with E-state index in [1.165, 1.54) is 4.90 Å². The Morgan fingerprint density at radius 1 is 0.973 bits per heavy atom. The standard InChI is InChI=1S/C29H41N3O5/c1-9-32(23(25(34)31-28(3,4)5)21-17-13-14-19(2)24(21)33)26(35)22(18-20-15-11-10-12-16-20)30-27(36)37-29(6,7)8/h10-17,22-23,33H,9,18H2,1-8H3,(H,30,36)(H,31,34). The zero-order valence-electron chi connectivity index (χ0n) is 23.2. The van der Waals surface area contributed by atoms with Crippen molar-refractivity contribution in [3.63, 3.8) is 0 Å². The molecule has 2 rings (SSSR count). The maximum atomic E-state index is 14.1. The van der Waals surface area contributed by atoms with Crippen LogP contribution in [0.2, 0.25) is 0 Å². The van der Waals surface area contributed by atoms with Gasteiger partial charge in [-0.15, -0.1) is 0 Å². The van der Waals surface area contributed by atoms with E-state index in [0.29, 0.717) is 11.1 Å². The molecule has 3 N–H and O–H groups in total. The van der Waals surface area contributed by atoms with Crippen LogP contribution in [-0.4, -0.2) is 51.6 Å². The van der Waals surface area contributed by atoms with Crippen molar-refractivity contribution in [2.24, 2.45) is 0 Å². The second kappa shape index (κ2) is 12.1. The van der Waals surface area contributed by atoms with E-state index in [1.54, 1.807) is 52.8 Å². The van der Waals surface area contributed by atoms with E-state index in [-0.39, 0.29) is 18.7 Å². The van der Waals surface area contributed by atoms with Crippen LogP contribution in [0, 0.1) is 6.92 Å². The minimum atomic E-state index is -1.12. The second-order valence-electron chi connectivity index (χ2n) is 11.2. The molecule has 3 amide bonds. The van der Waals surface area contributed by atoms with Crippen LogP contribution in [0.25, 0.3) is 0 Å². The van der Waals surface area contributed by atoms with Gasteiger partial charge in [0.15, 0.2) is 0 Å². The van der Waals surface area contributed by atoms with Crippen molar-refractivity contribution in [2.45, 2.75) is 85.0 Å². The number of carbonyl (C=O) groups is 3. The molecule has 0 aliphatic carbocycles. The van der Waals surface area contributed by atoms with E-state index in [1.807, 2.05) is 51.1 Å². The number of benzene rings is 2. The summed E-state index contributed by atoms with van der Waals surface area (Å²) in [7, 11) is 0. The normalized spacial score (nSPS) is 13.3. The summed E-state index contributed by atoms with van der Waals surface area (Å²) in [5.41, 5.74) is 0.407. The van der Waals surface area contributed by atoms with Crippen LogP contribution in [0.4, 0.5) is 4.79 Å². The van der Waals surface area contributed by atoms with Gasteiger partial charge >= 0.3 is 6.09 Å². The maximum absolute atomic E-state index is 14.1. The van der Waals surface area contributed by atoms with Gasteiger partial charge in [-0.25, -0.2) is 4.79 Å². The molecular formula is C29H41N3O5. The van der Waals surface area contributed by atoms with Crippen LogP contribution in [-0.2, 0) is 20.7 Å². The van der Waals surface area contributed by atoms with E-state index in [4.69, 9.17) is 4.74 Å². The summed E-state index contributed by atoms with van der Waals surface area (Å²) in [6.07, 6.45) is -0.532. The lowest BCUT2D eigenvalue weighted by Crippen LogP contribution is -2.55. The first-order valence-electron chi connectivity index (χ1n) is 12.6. The summed E-state index contributed by atoms with van der Waals surface area (Å²) in [6, 6.07) is 12.3. The number of nitrogens with zero attached hydrogens (tertiary/aromatic N) is 1. The lowest BCUT2D eigenvalue weighted by atomic mass is 9.97. The number of alkyl carbamates (subject to hydrolysis) is 1. The van der Waals surface area contributed by atoms with Gasteiger partial charge in [0.1, 0.15) is 23.4 Å². The Bertz CT molecular complexity index is 1090. The molecule has 0 heterocycles. The highest BCUT2D eigenvalue weighted by Gasteiger charge is 2.38. The molecule has 8 nitrogen and oxygen atoms in total. The number of carbonyl (C=O) groups excluding carboxylic acids is 3. The number of phenolic OH excluding ortho intramolecular Hbond substituents is 1. The van der Waals surface area contributed by atoms with Gasteiger partial charge in [-0.2, -0.15) is 0 Å². The van der Waals surface area contributed by atoms with E-state index in [0.717, 1.165) is 5.56 Å². The summed E-state index contributed by atoms with van der Waals surface area (Å²) in [5, 5.41) is 16.5. The number of amides is 3. The van der Waals surface area contributed by atoms with Gasteiger partial charge in [0.2, 0.25) is 11.8 Å². The summed E-state index contributed by atoms with van der Waals surface area (Å²) in [4.78, 5) is 41.7. The highest BCUT2D eigenvalue weighted by atomic mass is 16.6. The van der Waals surface area contributed by atoms with Gasteiger partial charge in [-0.05, 0) is 66.5 Å². The summed E-state index contributed by atoms with van der Waals surface area (Å²) in [5.74, 6) is -0.950. The van der Waals surface area contributed by atoms with Gasteiger partial charge in [0.25, 0.3) is 0 Å². The predicted molar refractivity (Wildman–Crippen MR) is 144 cm³/mol. The Morgan fingerprint density at radius 3 is 2.14 bits per heavy atom. The number of phenols is 1. The van der Waals surface area contributed by atoms with E-state index in [2.05, 4.69) is 10.6 Å². The van der Waals surface area contributed by atoms with Crippen molar-refractivity contribution < 1.29 is 24.2 Å². The molecule has 0 spiro atoms. The first kappa shape index (κ1) is 29.7. The van der Waals surface area contributed by atoms with Gasteiger partial charge < -0.3 is 25.4 Å². The zero-order chi connectivity index (χ0) is 28.0. The summed E-state index contributed by atoms with van der Waals surface area (Å²) in [6.45, 7) is 14.4. The number of hydrogen-bond acceptors (Lipinski definition) is 5. The third kappa shape index (κ3) is 8.81. The molecule has 0 bridgehead atoms. The van der Waals surface area contributed by atoms with E-state index in [9.17, 15) is 19.5 Å². The fourth-order valence-corrected chi connectivity index (χ4v) is 3.96. The van der Waals surface area contributed by atoms with Gasteiger partial charge in [-0.1, -0.05) is 48.5 Å². The monoisotopic (exact) mass is 511 g/mol. The SMILES string of the molecule is CCN(C(=O)C(Cc1ccccc1)NC(=O)OC(C)(C)C)C(C(=O)NC(C)(C)C)c1cccc(C)c1O. The predicted octanol–water partition coefficient (Wildman–Crippen LogP) is 4.64. The minimum Gasteiger partial charge on any atom is -0.507 e. The molecule has 0 saturated heterocycles. The maximum Gasteiger partial charge on any atom is 0.408 e. The number of nitrogens with one attached hydrogen (secondary N) is 2. The Morgan fingerprint density at radius 2 is 1.59 bits per heavy atom. The number of hydrogen-bond donors (Lipinski definition) is 3. The fraction of sp³-hybridized carbons (Fsp3) is 0.483. The molecule has 0 aliphatic heterocycles. The van der Waals surface area contributed by atoms with Crippen LogP contribution in [0.3, 0.4) is 0 Å². The fourth-order valence-electron chi connectivity index (χ4n) is 3.96. The van der Waals surface area contributed by atoms with Crippen LogP contribution in [0.15, 0.2) is 48.5 Å². The first-order valence-corrected chi connectivity index (χ1v) is 12.6. The van der Waals surface area contributed by atoms with Crippen molar-refractivity contribution in [1.82, 2.24) is 15.5 Å². The van der Waals surface area contributed by atoms with Crippen LogP contribution in [0.1, 0.15) is 71.2 Å². The number of para-hydroxylation sites is 1. The number of rotatable bonds is 8. The molecule has 0 fully saturated rings. The minimum absolute atomic E-state index is 0.0532. The van der Waals surface area contributed by atoms with Crippen molar-refractivity contribution in [1.29, 1.82) is 0 Å². The van der Waals surface area contributed by atoms with Crippen molar-refractivity contribution in [2.75, 3.05) is 6.54 Å². The van der Waals surface area contributed by atoms with Gasteiger partial charge in [0.05, 0.1) is 0 Å². The van der Waals surface area contributed by atoms with Gasteiger partial charge in [0, 0.05) is 24.1 Å². The Kier molecular flexibility index (Phi) is 9.73. The molecule has 37 heavy (non-hydrogen) atoms. The lowest BCUT2D eigenvalue weighted by molar-refractivity contribution is -0.142. The lowest BCUT2D eigenvalue weighted by Gasteiger charge is -2.35. The molecular weight excluding hydrogens is 470 g/mol. The van der Waals surface area contributed by atoms with E-state index >= 15 is 0 Å². The Labute approximate surface area is 220 Å². The van der Waals surface area contributed by atoms with Crippen LogP contribution >= 0.6 is 0 Å². The highest BCUT2D eigenvalue weighted by Crippen LogP contribution is 2.32. The molecule has 8 heteroatoms. The average Bonchev–Trinajstić information content (AvgIpc) is 2.77. The highest BCUT2D eigenvalue weighted by molar-refractivity contribution is 5.93. The quantitative estimate of drug-likeness (QED) is 0.479. The number of aryl methyl sites for hydroxylation is 1. The number of ether oxygens (including phenoxy) is 1. The molecule has 2 atom stereocenters. The van der Waals surface area contributed by atoms with E-state index < -0.39 is 41.1 Å². The van der Waals surface area contributed by atoms with Gasteiger partial charge in [-0.3, -0.25) is 9.59 Å². The largest absolute Gasteiger partial charge is 0.507 e. The molecule has 0 saturated carbocycles. The van der Waals surface area contributed by atoms with Crippen LogP contribution < -0.4 is 10.6 Å². The molecule has 0 radical (unpaired) electrons. The molecule has 0 aliphatic rings. The van der Waals surface area contributed by atoms with Crippen molar-refractivity contribution in [3.8, 4) is 5.75 Å². The second-order valence-corrected chi connectivity index (χ2v) is 11.2. The molecule has 0 aromatic heterocycles. The Hall–Kier alpha value is -3.55. The Balaban J connectivity index is 2.54. The topological polar surface area (TPSA) is 108 Å². The zero-order valence-corrected chi connectivity index (χ0v) is 23.2. The summed E-state index contributed by atoms with van der Waals surface area (Å²) >= 11 is 0. The number of likely N-dealkylation sites (N-methyl/N-ethyl adjacent to an activating group) is 1. The third-order valence-corrected chi connectivity index (χ3v) is 5.52.